The summed E-state index contributed by atoms with van der Waals surface area (Å²) in [6, 6.07) is 0. The van der Waals surface area contributed by atoms with Gasteiger partial charge in [-0.25, -0.2) is 4.79 Å². The number of carbonyl (C=O) groups excluding carboxylic acids is 2. The zero-order valence-electron chi connectivity index (χ0n) is 10.6. The highest BCUT2D eigenvalue weighted by atomic mass is 16.5. The Morgan fingerprint density at radius 2 is 1.88 bits per heavy atom. The van der Waals surface area contributed by atoms with Crippen molar-refractivity contribution in [3.63, 3.8) is 0 Å². The van der Waals surface area contributed by atoms with Gasteiger partial charge in [-0.15, -0.1) is 0 Å². The van der Waals surface area contributed by atoms with Gasteiger partial charge in [0, 0.05) is 26.7 Å². The lowest BCUT2D eigenvalue weighted by Crippen LogP contribution is -2.19. The number of Topliss-reactive ketones (excluding diaryl/α,β-unsaturated/α-hetero) is 1. The minimum Gasteiger partial charge on any atom is -0.462 e. The van der Waals surface area contributed by atoms with Gasteiger partial charge in [0.05, 0.1) is 6.61 Å². The largest absolute Gasteiger partial charge is 0.462 e. The predicted molar refractivity (Wildman–Crippen MR) is 62.9 cm³/mol. The molecule has 0 aromatic rings. The molecule has 0 aliphatic rings. The molecule has 0 fully saturated rings. The highest BCUT2D eigenvalue weighted by Crippen LogP contribution is 2.07. The van der Waals surface area contributed by atoms with Crippen molar-refractivity contribution in [2.75, 3.05) is 20.7 Å². The fraction of sp³-hybridized carbons (Fsp3) is 0.667. The second kappa shape index (κ2) is 7.91. The highest BCUT2D eigenvalue weighted by molar-refractivity contribution is 6.17. The van der Waals surface area contributed by atoms with E-state index < -0.39 is 5.97 Å². The number of carbonyl (C=O) groups is 2. The van der Waals surface area contributed by atoms with Gasteiger partial charge in [0.1, 0.15) is 5.57 Å². The van der Waals surface area contributed by atoms with Gasteiger partial charge >= 0.3 is 5.97 Å². The van der Waals surface area contributed by atoms with Crippen LogP contribution in [0.25, 0.3) is 0 Å². The number of hydrogen-bond acceptors (Lipinski definition) is 4. The van der Waals surface area contributed by atoms with Gasteiger partial charge in [0.15, 0.2) is 5.78 Å². The maximum Gasteiger partial charge on any atom is 0.343 e. The number of ketones is 1. The van der Waals surface area contributed by atoms with E-state index in [2.05, 4.69) is 0 Å². The van der Waals surface area contributed by atoms with E-state index in [-0.39, 0.29) is 18.0 Å². The van der Waals surface area contributed by atoms with Crippen molar-refractivity contribution in [3.8, 4) is 0 Å². The molecule has 0 saturated carbocycles. The number of rotatable bonds is 7. The summed E-state index contributed by atoms with van der Waals surface area (Å²) in [6.45, 7) is 4.01. The summed E-state index contributed by atoms with van der Waals surface area (Å²) in [7, 11) is 3.54. The Kier molecular flexibility index (Phi) is 7.25. The molecule has 0 rings (SSSR count). The molecule has 0 radical (unpaired) electrons. The molecule has 16 heavy (non-hydrogen) atoms. The maximum atomic E-state index is 11.8. The number of esters is 1. The number of unbranched alkanes of at least 4 members (excludes halogenated alkanes) is 1. The van der Waals surface area contributed by atoms with Crippen molar-refractivity contribution < 1.29 is 14.3 Å². The van der Waals surface area contributed by atoms with Gasteiger partial charge in [0.25, 0.3) is 0 Å². The van der Waals surface area contributed by atoms with E-state index in [4.69, 9.17) is 4.74 Å². The van der Waals surface area contributed by atoms with E-state index in [1.165, 1.54) is 6.20 Å². The van der Waals surface area contributed by atoms with Crippen LogP contribution in [0.4, 0.5) is 0 Å². The van der Waals surface area contributed by atoms with Gasteiger partial charge in [-0.2, -0.15) is 0 Å². The van der Waals surface area contributed by atoms with Crippen LogP contribution in [-0.4, -0.2) is 37.4 Å². The van der Waals surface area contributed by atoms with Gasteiger partial charge in [-0.3, -0.25) is 4.79 Å². The summed E-state index contributed by atoms with van der Waals surface area (Å²) in [5, 5.41) is 0. The normalized spacial score (nSPS) is 11.1. The van der Waals surface area contributed by atoms with E-state index >= 15 is 0 Å². The maximum absolute atomic E-state index is 11.8. The predicted octanol–water partition coefficient (Wildman–Crippen LogP) is 1.75. The molecule has 0 saturated heterocycles. The number of hydrogen-bond donors (Lipinski definition) is 0. The van der Waals surface area contributed by atoms with E-state index in [9.17, 15) is 9.59 Å². The standard InChI is InChI=1S/C12H21NO3/c1-5-7-8-11(14)10(9-13(3)4)12(15)16-6-2/h9H,5-8H2,1-4H3/b10-9+. The van der Waals surface area contributed by atoms with E-state index in [1.807, 2.05) is 6.92 Å². The van der Waals surface area contributed by atoms with Crippen molar-refractivity contribution in [2.24, 2.45) is 0 Å². The van der Waals surface area contributed by atoms with E-state index in [1.54, 1.807) is 25.9 Å². The van der Waals surface area contributed by atoms with Crippen molar-refractivity contribution >= 4 is 11.8 Å². The van der Waals surface area contributed by atoms with Gasteiger partial charge in [-0.05, 0) is 13.3 Å². The molecule has 0 aliphatic carbocycles. The Balaban J connectivity index is 4.67. The zero-order valence-corrected chi connectivity index (χ0v) is 10.6. The van der Waals surface area contributed by atoms with E-state index in [0.717, 1.165) is 12.8 Å². The summed E-state index contributed by atoms with van der Waals surface area (Å²) in [5.41, 5.74) is 0.139. The van der Waals surface area contributed by atoms with Crippen LogP contribution >= 0.6 is 0 Å². The highest BCUT2D eigenvalue weighted by Gasteiger charge is 2.19. The summed E-state index contributed by atoms with van der Waals surface area (Å²) in [5.74, 6) is -0.675. The fourth-order valence-electron chi connectivity index (χ4n) is 1.18. The minimum atomic E-state index is -0.530. The lowest BCUT2D eigenvalue weighted by Gasteiger charge is -2.10. The van der Waals surface area contributed by atoms with Gasteiger partial charge in [0.2, 0.25) is 0 Å². The quantitative estimate of drug-likeness (QED) is 0.288. The Morgan fingerprint density at radius 1 is 1.25 bits per heavy atom. The summed E-state index contributed by atoms with van der Waals surface area (Å²) >= 11 is 0. The Morgan fingerprint density at radius 3 is 2.31 bits per heavy atom. The molecule has 0 aromatic heterocycles. The van der Waals surface area contributed by atoms with Crippen LogP contribution in [0.3, 0.4) is 0 Å². The van der Waals surface area contributed by atoms with Crippen molar-refractivity contribution in [1.29, 1.82) is 0 Å². The molecule has 92 valence electrons. The molecule has 4 heteroatoms. The second-order valence-electron chi connectivity index (χ2n) is 3.75. The molecule has 0 aromatic carbocycles. The molecule has 0 aliphatic heterocycles. The van der Waals surface area contributed by atoms with Gasteiger partial charge < -0.3 is 9.64 Å². The smallest absolute Gasteiger partial charge is 0.343 e. The molecule has 0 amide bonds. The molecular weight excluding hydrogens is 206 g/mol. The number of ether oxygens (including phenoxy) is 1. The summed E-state index contributed by atoms with van der Waals surface area (Å²) in [4.78, 5) is 25.0. The van der Waals surface area contributed by atoms with Crippen LogP contribution in [-0.2, 0) is 14.3 Å². The summed E-state index contributed by atoms with van der Waals surface area (Å²) in [6.07, 6.45) is 3.65. The van der Waals surface area contributed by atoms with Crippen LogP contribution < -0.4 is 0 Å². The first-order valence-corrected chi connectivity index (χ1v) is 5.61. The molecule has 0 N–H and O–H groups in total. The Hall–Kier alpha value is -1.32. The van der Waals surface area contributed by atoms with Crippen LogP contribution in [0, 0.1) is 0 Å². The SMILES string of the molecule is CCCCC(=O)/C(=C\N(C)C)C(=O)OCC. The third kappa shape index (κ3) is 5.53. The third-order valence-electron chi connectivity index (χ3n) is 1.94. The Labute approximate surface area is 97.3 Å². The van der Waals surface area contributed by atoms with Gasteiger partial charge in [-0.1, -0.05) is 13.3 Å². The molecule has 4 nitrogen and oxygen atoms in total. The lowest BCUT2D eigenvalue weighted by atomic mass is 10.1. The lowest BCUT2D eigenvalue weighted by molar-refractivity contribution is -0.140. The fourth-order valence-corrected chi connectivity index (χ4v) is 1.18. The van der Waals surface area contributed by atoms with E-state index in [0.29, 0.717) is 6.42 Å². The molecular formula is C12H21NO3. The van der Waals surface area contributed by atoms with Crippen LogP contribution in [0.15, 0.2) is 11.8 Å². The first kappa shape index (κ1) is 14.7. The van der Waals surface area contributed by atoms with Crippen molar-refractivity contribution in [3.05, 3.63) is 11.8 Å². The monoisotopic (exact) mass is 227 g/mol. The van der Waals surface area contributed by atoms with Crippen molar-refractivity contribution in [2.45, 2.75) is 33.1 Å². The van der Waals surface area contributed by atoms with Crippen LogP contribution in [0.2, 0.25) is 0 Å². The minimum absolute atomic E-state index is 0.139. The van der Waals surface area contributed by atoms with Crippen LogP contribution in [0.1, 0.15) is 33.1 Å². The average Bonchev–Trinajstić information content (AvgIpc) is 2.22. The molecule has 0 heterocycles. The molecule has 0 unspecified atom stereocenters. The molecule has 0 bridgehead atoms. The second-order valence-corrected chi connectivity index (χ2v) is 3.75. The third-order valence-corrected chi connectivity index (χ3v) is 1.94. The Bertz CT molecular complexity index is 269. The molecule has 0 spiro atoms. The van der Waals surface area contributed by atoms with Crippen molar-refractivity contribution in [1.82, 2.24) is 4.90 Å². The molecule has 0 atom stereocenters. The summed E-state index contributed by atoms with van der Waals surface area (Å²) < 4.78 is 4.85. The first-order valence-electron chi connectivity index (χ1n) is 5.61. The average molecular weight is 227 g/mol. The first-order chi connectivity index (χ1) is 7.52. The zero-order chi connectivity index (χ0) is 12.6. The topological polar surface area (TPSA) is 46.6 Å². The van der Waals surface area contributed by atoms with Crippen LogP contribution in [0.5, 0.6) is 0 Å². The number of nitrogens with zero attached hydrogens (tertiary/aromatic N) is 1.